The topological polar surface area (TPSA) is 78.6 Å². The lowest BCUT2D eigenvalue weighted by molar-refractivity contribution is -0.227. The van der Waals surface area contributed by atoms with Gasteiger partial charge in [0.25, 0.3) is 0 Å². The average molecular weight is 327 g/mol. The van der Waals surface area contributed by atoms with E-state index in [9.17, 15) is 8.42 Å². The van der Waals surface area contributed by atoms with Crippen molar-refractivity contribution in [2.75, 3.05) is 20.8 Å². The van der Waals surface area contributed by atoms with Gasteiger partial charge in [0.2, 0.25) is 0 Å². The van der Waals surface area contributed by atoms with Crippen molar-refractivity contribution >= 4 is 9.84 Å². The smallest absolute Gasteiger partial charge is 0.182 e. The number of methoxy groups -OCH3 is 2. The first kappa shape index (κ1) is 17.4. The zero-order valence-electron chi connectivity index (χ0n) is 13.2. The second-order valence-electron chi connectivity index (χ2n) is 5.79. The normalized spacial score (nSPS) is 20.7. The number of nitrogens with two attached hydrogens (primary N) is 1. The van der Waals surface area contributed by atoms with Crippen molar-refractivity contribution in [3.8, 4) is 0 Å². The van der Waals surface area contributed by atoms with Crippen LogP contribution in [-0.4, -0.2) is 40.2 Å². The van der Waals surface area contributed by atoms with Crippen LogP contribution in [0.4, 0.5) is 0 Å². The number of ether oxygens (including phenoxy) is 2. The van der Waals surface area contributed by atoms with E-state index in [1.807, 2.05) is 6.07 Å². The van der Waals surface area contributed by atoms with Crippen LogP contribution in [0.5, 0.6) is 0 Å². The molecule has 0 amide bonds. The predicted octanol–water partition coefficient (Wildman–Crippen LogP) is 1.97. The van der Waals surface area contributed by atoms with Crippen LogP contribution in [0.25, 0.3) is 0 Å². The van der Waals surface area contributed by atoms with Gasteiger partial charge in [-0.25, -0.2) is 8.42 Å². The van der Waals surface area contributed by atoms with Crippen molar-refractivity contribution < 1.29 is 17.9 Å². The van der Waals surface area contributed by atoms with Crippen LogP contribution in [0.3, 0.4) is 0 Å². The zero-order valence-corrected chi connectivity index (χ0v) is 14.0. The Morgan fingerprint density at radius 1 is 1.18 bits per heavy atom. The van der Waals surface area contributed by atoms with Gasteiger partial charge in [0.1, 0.15) is 0 Å². The third-order valence-corrected chi connectivity index (χ3v) is 7.07. The maximum Gasteiger partial charge on any atom is 0.182 e. The summed E-state index contributed by atoms with van der Waals surface area (Å²) in [5, 5.41) is -0.554. The first-order chi connectivity index (χ1) is 10.5. The average Bonchev–Trinajstić information content (AvgIpc) is 2.57. The van der Waals surface area contributed by atoms with Crippen LogP contribution in [0.2, 0.25) is 0 Å². The number of rotatable bonds is 6. The van der Waals surface area contributed by atoms with E-state index in [4.69, 9.17) is 15.2 Å². The van der Waals surface area contributed by atoms with Gasteiger partial charge in [-0.3, -0.25) is 0 Å². The van der Waals surface area contributed by atoms with E-state index < -0.39 is 20.9 Å². The van der Waals surface area contributed by atoms with Crippen molar-refractivity contribution in [2.24, 2.45) is 11.7 Å². The van der Waals surface area contributed by atoms with Gasteiger partial charge in [-0.2, -0.15) is 0 Å². The standard InChI is InChI=1S/C16H25NO4S/c1-20-16(21-2)10-8-13(9-11-16)15(12-17)22(18,19)14-6-4-3-5-7-14/h3-7,13,15H,8-12,17H2,1-2H3. The summed E-state index contributed by atoms with van der Waals surface area (Å²) in [6.07, 6.45) is 2.84. The highest BCUT2D eigenvalue weighted by Gasteiger charge is 2.41. The minimum Gasteiger partial charge on any atom is -0.353 e. The first-order valence-electron chi connectivity index (χ1n) is 7.58. The highest BCUT2D eigenvalue weighted by Crippen LogP contribution is 2.38. The zero-order chi connectivity index (χ0) is 16.2. The minimum absolute atomic E-state index is 0.0358. The summed E-state index contributed by atoms with van der Waals surface area (Å²) in [7, 11) is -0.148. The number of hydrogen-bond acceptors (Lipinski definition) is 5. The highest BCUT2D eigenvalue weighted by molar-refractivity contribution is 7.92. The molecule has 0 radical (unpaired) electrons. The molecule has 1 saturated carbocycles. The third-order valence-electron chi connectivity index (χ3n) is 4.76. The molecule has 1 atom stereocenters. The Hall–Kier alpha value is -0.950. The SMILES string of the molecule is COC1(OC)CCC(C(CN)S(=O)(=O)c2ccccc2)CC1. The molecule has 22 heavy (non-hydrogen) atoms. The molecule has 0 saturated heterocycles. The molecule has 5 nitrogen and oxygen atoms in total. The number of benzene rings is 1. The lowest BCUT2D eigenvalue weighted by Crippen LogP contribution is -2.44. The molecule has 1 aromatic carbocycles. The Labute approximate surface area is 132 Å². The molecule has 0 bridgehead atoms. The molecule has 0 spiro atoms. The summed E-state index contributed by atoms with van der Waals surface area (Å²) >= 11 is 0. The van der Waals surface area contributed by atoms with Gasteiger partial charge in [0.15, 0.2) is 15.6 Å². The second-order valence-corrected chi connectivity index (χ2v) is 7.96. The second kappa shape index (κ2) is 7.08. The molecule has 6 heteroatoms. The summed E-state index contributed by atoms with van der Waals surface area (Å²) < 4.78 is 36.6. The fraction of sp³-hybridized carbons (Fsp3) is 0.625. The molecular formula is C16H25NO4S. The molecule has 1 unspecified atom stereocenters. The third kappa shape index (κ3) is 3.35. The van der Waals surface area contributed by atoms with E-state index in [0.717, 1.165) is 12.8 Å². The first-order valence-corrected chi connectivity index (χ1v) is 9.13. The number of sulfone groups is 1. The minimum atomic E-state index is -3.41. The molecule has 0 heterocycles. The van der Waals surface area contributed by atoms with Crippen molar-refractivity contribution in [3.63, 3.8) is 0 Å². The van der Waals surface area contributed by atoms with Crippen molar-refractivity contribution in [2.45, 2.75) is 41.6 Å². The van der Waals surface area contributed by atoms with Gasteiger partial charge in [-0.05, 0) is 30.9 Å². The van der Waals surface area contributed by atoms with Crippen LogP contribution in [0.15, 0.2) is 35.2 Å². The highest BCUT2D eigenvalue weighted by atomic mass is 32.2. The molecule has 2 rings (SSSR count). The van der Waals surface area contributed by atoms with Crippen molar-refractivity contribution in [1.82, 2.24) is 0 Å². The van der Waals surface area contributed by atoms with Gasteiger partial charge in [0, 0.05) is 33.6 Å². The van der Waals surface area contributed by atoms with E-state index in [0.29, 0.717) is 17.7 Å². The molecular weight excluding hydrogens is 302 g/mol. The molecule has 124 valence electrons. The summed E-state index contributed by atoms with van der Waals surface area (Å²) in [4.78, 5) is 0.348. The van der Waals surface area contributed by atoms with Crippen LogP contribution >= 0.6 is 0 Å². The molecule has 1 aliphatic carbocycles. The molecule has 1 fully saturated rings. The Balaban J connectivity index is 2.17. The Morgan fingerprint density at radius 2 is 1.73 bits per heavy atom. The summed E-state index contributed by atoms with van der Waals surface area (Å²) in [5.74, 6) is -0.541. The van der Waals surface area contributed by atoms with Crippen molar-refractivity contribution in [3.05, 3.63) is 30.3 Å². The maximum absolute atomic E-state index is 12.8. The molecule has 1 aromatic rings. The maximum atomic E-state index is 12.8. The molecule has 0 aliphatic heterocycles. The van der Waals surface area contributed by atoms with E-state index in [1.165, 1.54) is 0 Å². The summed E-state index contributed by atoms with van der Waals surface area (Å²) in [5.41, 5.74) is 5.82. The van der Waals surface area contributed by atoms with Gasteiger partial charge in [-0.1, -0.05) is 18.2 Å². The molecule has 0 aromatic heterocycles. The van der Waals surface area contributed by atoms with E-state index in [2.05, 4.69) is 0 Å². The summed E-state index contributed by atoms with van der Waals surface area (Å²) in [6.45, 7) is 0.134. The largest absolute Gasteiger partial charge is 0.353 e. The number of hydrogen-bond donors (Lipinski definition) is 1. The Morgan fingerprint density at radius 3 is 2.18 bits per heavy atom. The quantitative estimate of drug-likeness (QED) is 0.808. The van der Waals surface area contributed by atoms with Crippen molar-refractivity contribution in [1.29, 1.82) is 0 Å². The van der Waals surface area contributed by atoms with Crippen LogP contribution in [0.1, 0.15) is 25.7 Å². The van der Waals surface area contributed by atoms with Crippen LogP contribution in [-0.2, 0) is 19.3 Å². The van der Waals surface area contributed by atoms with Gasteiger partial charge in [0.05, 0.1) is 10.1 Å². The Bertz CT molecular complexity index is 559. The fourth-order valence-electron chi connectivity index (χ4n) is 3.30. The van der Waals surface area contributed by atoms with Gasteiger partial charge < -0.3 is 15.2 Å². The summed E-state index contributed by atoms with van der Waals surface area (Å²) in [6, 6.07) is 8.55. The molecule has 2 N–H and O–H groups in total. The van der Waals surface area contributed by atoms with Gasteiger partial charge >= 0.3 is 0 Å². The van der Waals surface area contributed by atoms with E-state index in [1.54, 1.807) is 38.5 Å². The predicted molar refractivity (Wildman–Crippen MR) is 85.2 cm³/mol. The van der Waals surface area contributed by atoms with Gasteiger partial charge in [-0.15, -0.1) is 0 Å². The monoisotopic (exact) mass is 327 g/mol. The lowest BCUT2D eigenvalue weighted by atomic mass is 9.83. The lowest BCUT2D eigenvalue weighted by Gasteiger charge is -2.39. The fourth-order valence-corrected chi connectivity index (χ4v) is 5.22. The van der Waals surface area contributed by atoms with E-state index >= 15 is 0 Å². The Kier molecular flexibility index (Phi) is 5.60. The van der Waals surface area contributed by atoms with Crippen LogP contribution < -0.4 is 5.73 Å². The van der Waals surface area contributed by atoms with E-state index in [-0.39, 0.29) is 12.5 Å². The van der Waals surface area contributed by atoms with Crippen LogP contribution in [0, 0.1) is 5.92 Å². The molecule has 1 aliphatic rings.